The molecule has 2 rings (SSSR count). The van der Waals surface area contributed by atoms with Crippen LogP contribution < -0.4 is 5.32 Å². The largest absolute Gasteiger partial charge is 0.348 e. The lowest BCUT2D eigenvalue weighted by atomic mass is 10.1. The Kier molecular flexibility index (Phi) is 4.97. The highest BCUT2D eigenvalue weighted by molar-refractivity contribution is 6.32. The predicted molar refractivity (Wildman–Crippen MR) is 83.5 cm³/mol. The maximum Gasteiger partial charge on any atom is 0.244 e. The van der Waals surface area contributed by atoms with Gasteiger partial charge in [-0.25, -0.2) is 0 Å². The van der Waals surface area contributed by atoms with Crippen LogP contribution in [0.25, 0.3) is 6.08 Å². The predicted octanol–water partition coefficient (Wildman–Crippen LogP) is 3.98. The quantitative estimate of drug-likeness (QED) is 0.846. The van der Waals surface area contributed by atoms with Gasteiger partial charge in [-0.15, -0.1) is 0 Å². The third-order valence-electron chi connectivity index (χ3n) is 3.03. The van der Waals surface area contributed by atoms with Gasteiger partial charge in [0.15, 0.2) is 0 Å². The Morgan fingerprint density at radius 1 is 1.15 bits per heavy atom. The van der Waals surface area contributed by atoms with Gasteiger partial charge in [0.2, 0.25) is 5.91 Å². The number of halogens is 1. The molecule has 0 heterocycles. The fourth-order valence-corrected chi connectivity index (χ4v) is 2.02. The first kappa shape index (κ1) is 14.4. The summed E-state index contributed by atoms with van der Waals surface area (Å²) in [5.74, 6) is -0.131. The molecule has 2 aromatic carbocycles. The minimum absolute atomic E-state index is 0.131. The van der Waals surface area contributed by atoms with Crippen LogP contribution in [-0.4, -0.2) is 5.91 Å². The summed E-state index contributed by atoms with van der Waals surface area (Å²) in [7, 11) is 0. The van der Waals surface area contributed by atoms with Gasteiger partial charge in [-0.1, -0.05) is 54.1 Å². The molecule has 3 heteroatoms. The van der Waals surface area contributed by atoms with Gasteiger partial charge >= 0.3 is 0 Å². The van der Waals surface area contributed by atoms with Crippen molar-refractivity contribution >= 4 is 23.6 Å². The maximum atomic E-state index is 11.8. The fraction of sp³-hybridized carbons (Fsp3) is 0.118. The van der Waals surface area contributed by atoms with E-state index in [1.165, 1.54) is 11.6 Å². The first-order valence-corrected chi connectivity index (χ1v) is 6.79. The molecule has 0 aliphatic rings. The summed E-state index contributed by atoms with van der Waals surface area (Å²) in [5, 5.41) is 3.50. The lowest BCUT2D eigenvalue weighted by Gasteiger charge is -2.05. The van der Waals surface area contributed by atoms with Crippen LogP contribution in [0.4, 0.5) is 0 Å². The zero-order chi connectivity index (χ0) is 14.4. The molecular weight excluding hydrogens is 270 g/mol. The molecule has 2 aromatic rings. The number of carbonyl (C=O) groups excluding carboxylic acids is 1. The van der Waals surface area contributed by atoms with Crippen LogP contribution in [0.1, 0.15) is 16.7 Å². The van der Waals surface area contributed by atoms with Gasteiger partial charge in [0, 0.05) is 17.6 Å². The minimum Gasteiger partial charge on any atom is -0.348 e. The lowest BCUT2D eigenvalue weighted by molar-refractivity contribution is -0.116. The molecule has 0 aromatic heterocycles. The monoisotopic (exact) mass is 285 g/mol. The summed E-state index contributed by atoms with van der Waals surface area (Å²) < 4.78 is 0. The second-order valence-electron chi connectivity index (χ2n) is 4.50. The summed E-state index contributed by atoms with van der Waals surface area (Å²) in [4.78, 5) is 11.8. The van der Waals surface area contributed by atoms with Gasteiger partial charge in [-0.3, -0.25) is 4.79 Å². The maximum absolute atomic E-state index is 11.8. The lowest BCUT2D eigenvalue weighted by Crippen LogP contribution is -2.20. The summed E-state index contributed by atoms with van der Waals surface area (Å²) in [5.41, 5.74) is 3.12. The molecule has 0 atom stereocenters. The molecule has 0 radical (unpaired) electrons. The second kappa shape index (κ2) is 6.92. The zero-order valence-corrected chi connectivity index (χ0v) is 12.0. The highest BCUT2D eigenvalue weighted by atomic mass is 35.5. The number of hydrogen-bond donors (Lipinski definition) is 1. The van der Waals surface area contributed by atoms with E-state index in [1.807, 2.05) is 49.4 Å². The van der Waals surface area contributed by atoms with Gasteiger partial charge in [0.25, 0.3) is 0 Å². The number of rotatable bonds is 4. The number of hydrogen-bond acceptors (Lipinski definition) is 1. The molecule has 0 aliphatic carbocycles. The minimum atomic E-state index is -0.131. The van der Waals surface area contributed by atoms with E-state index < -0.39 is 0 Å². The third-order valence-corrected chi connectivity index (χ3v) is 3.38. The summed E-state index contributed by atoms with van der Waals surface area (Å²) in [6.45, 7) is 2.55. The normalized spacial score (nSPS) is 10.7. The molecule has 0 spiro atoms. The van der Waals surface area contributed by atoms with E-state index in [4.69, 9.17) is 11.6 Å². The van der Waals surface area contributed by atoms with Gasteiger partial charge in [-0.2, -0.15) is 0 Å². The van der Waals surface area contributed by atoms with Crippen LogP contribution in [-0.2, 0) is 11.3 Å². The van der Waals surface area contributed by atoms with Gasteiger partial charge in [0.05, 0.1) is 0 Å². The van der Waals surface area contributed by atoms with Crippen molar-refractivity contribution in [3.63, 3.8) is 0 Å². The standard InChI is InChI=1S/C17H16ClNO/c1-13-6-2-3-8-15(13)12-19-17(20)11-10-14-7-4-5-9-16(14)18/h2-11H,12H2,1H3,(H,19,20)/b11-10+. The molecule has 0 aliphatic heterocycles. The Morgan fingerprint density at radius 3 is 2.60 bits per heavy atom. The van der Waals surface area contributed by atoms with Crippen LogP contribution in [0.3, 0.4) is 0 Å². The van der Waals surface area contributed by atoms with Gasteiger partial charge < -0.3 is 5.32 Å². The van der Waals surface area contributed by atoms with E-state index in [-0.39, 0.29) is 5.91 Å². The molecule has 1 N–H and O–H groups in total. The third kappa shape index (κ3) is 3.97. The number of amides is 1. The van der Waals surface area contributed by atoms with E-state index in [9.17, 15) is 4.79 Å². The van der Waals surface area contributed by atoms with Crippen molar-refractivity contribution in [1.29, 1.82) is 0 Å². The first-order chi connectivity index (χ1) is 9.66. The zero-order valence-electron chi connectivity index (χ0n) is 11.3. The van der Waals surface area contributed by atoms with E-state index in [0.29, 0.717) is 11.6 Å². The Bertz CT molecular complexity index is 634. The first-order valence-electron chi connectivity index (χ1n) is 6.42. The van der Waals surface area contributed by atoms with E-state index in [1.54, 1.807) is 12.1 Å². The van der Waals surface area contributed by atoms with Crippen molar-refractivity contribution in [3.8, 4) is 0 Å². The van der Waals surface area contributed by atoms with Crippen LogP contribution in [0, 0.1) is 6.92 Å². The van der Waals surface area contributed by atoms with E-state index in [2.05, 4.69) is 5.32 Å². The van der Waals surface area contributed by atoms with Crippen molar-refractivity contribution in [2.45, 2.75) is 13.5 Å². The van der Waals surface area contributed by atoms with Crippen molar-refractivity contribution < 1.29 is 4.79 Å². The van der Waals surface area contributed by atoms with Crippen LogP contribution in [0.5, 0.6) is 0 Å². The Morgan fingerprint density at radius 2 is 1.85 bits per heavy atom. The molecule has 0 bridgehead atoms. The second-order valence-corrected chi connectivity index (χ2v) is 4.91. The van der Waals surface area contributed by atoms with Gasteiger partial charge in [0.1, 0.15) is 0 Å². The molecule has 2 nitrogen and oxygen atoms in total. The van der Waals surface area contributed by atoms with E-state index >= 15 is 0 Å². The molecule has 0 saturated heterocycles. The smallest absolute Gasteiger partial charge is 0.244 e. The number of nitrogens with one attached hydrogen (secondary N) is 1. The highest BCUT2D eigenvalue weighted by Gasteiger charge is 2.00. The Balaban J connectivity index is 1.93. The average Bonchev–Trinajstić information content (AvgIpc) is 2.45. The molecular formula is C17H16ClNO. The van der Waals surface area contributed by atoms with Crippen molar-refractivity contribution in [2.24, 2.45) is 0 Å². The van der Waals surface area contributed by atoms with Crippen LogP contribution in [0.15, 0.2) is 54.6 Å². The summed E-state index contributed by atoms with van der Waals surface area (Å²) >= 11 is 6.02. The SMILES string of the molecule is Cc1ccccc1CNC(=O)/C=C/c1ccccc1Cl. The van der Waals surface area contributed by atoms with E-state index in [0.717, 1.165) is 11.1 Å². The van der Waals surface area contributed by atoms with Crippen LogP contribution >= 0.6 is 11.6 Å². The van der Waals surface area contributed by atoms with Crippen molar-refractivity contribution in [2.75, 3.05) is 0 Å². The highest BCUT2D eigenvalue weighted by Crippen LogP contribution is 2.16. The molecule has 0 unspecified atom stereocenters. The number of benzene rings is 2. The van der Waals surface area contributed by atoms with Gasteiger partial charge in [-0.05, 0) is 35.8 Å². The fourth-order valence-electron chi connectivity index (χ4n) is 1.83. The van der Waals surface area contributed by atoms with Crippen molar-refractivity contribution in [3.05, 3.63) is 76.3 Å². The molecule has 102 valence electrons. The van der Waals surface area contributed by atoms with Crippen molar-refractivity contribution in [1.82, 2.24) is 5.32 Å². The molecule has 0 fully saturated rings. The summed E-state index contributed by atoms with van der Waals surface area (Å²) in [6.07, 6.45) is 3.22. The molecule has 1 amide bonds. The number of aryl methyl sites for hydroxylation is 1. The summed E-state index contributed by atoms with van der Waals surface area (Å²) in [6, 6.07) is 15.4. The number of carbonyl (C=O) groups is 1. The van der Waals surface area contributed by atoms with Crippen LogP contribution in [0.2, 0.25) is 5.02 Å². The average molecular weight is 286 g/mol. The Labute approximate surface area is 124 Å². The molecule has 20 heavy (non-hydrogen) atoms. The Hall–Kier alpha value is -2.06. The topological polar surface area (TPSA) is 29.1 Å². The molecule has 0 saturated carbocycles.